The summed E-state index contributed by atoms with van der Waals surface area (Å²) in [7, 11) is 0. The quantitative estimate of drug-likeness (QED) is 0.459. The molecule has 48 valence electrons. The van der Waals surface area contributed by atoms with Crippen molar-refractivity contribution in [3.8, 4) is 0 Å². The molecule has 0 radical (unpaired) electrons. The van der Waals surface area contributed by atoms with Crippen molar-refractivity contribution in [3.05, 3.63) is 48.7 Å². The predicted molar refractivity (Wildman–Crippen MR) is 40.1 cm³/mol. The molecule has 1 aromatic carbocycles. The lowest BCUT2D eigenvalue weighted by atomic mass is 10.1. The fourth-order valence-electron chi connectivity index (χ4n) is 0.725. The Morgan fingerprint density at radius 2 is 1.89 bits per heavy atom. The highest BCUT2D eigenvalue weighted by Crippen LogP contribution is 2.07. The molecule has 0 saturated heterocycles. The van der Waals surface area contributed by atoms with Gasteiger partial charge in [0.1, 0.15) is 0 Å². The van der Waals surface area contributed by atoms with Crippen molar-refractivity contribution in [2.24, 2.45) is 0 Å². The average molecular weight is 118 g/mol. The normalized spacial score (nSPS) is 9.44. The molecule has 0 fully saturated rings. The Kier molecular flexibility index (Phi) is 1.39. The van der Waals surface area contributed by atoms with E-state index in [1.54, 1.807) is 0 Å². The van der Waals surface area contributed by atoms with E-state index in [1.807, 2.05) is 25.1 Å². The number of hydrogen-bond acceptors (Lipinski definition) is 0. The summed E-state index contributed by atoms with van der Waals surface area (Å²) in [5.74, 6) is 0. The van der Waals surface area contributed by atoms with Crippen LogP contribution < -0.4 is 0 Å². The van der Waals surface area contributed by atoms with E-state index in [0.29, 0.717) is 0 Å². The Morgan fingerprint density at radius 3 is 2.33 bits per heavy atom. The molecule has 0 amide bonds. The molecular weight excluding hydrogens is 108 g/mol. The summed E-state index contributed by atoms with van der Waals surface area (Å²) in [5, 5.41) is 0. The maximum atomic E-state index is 3.84. The standard InChI is InChI=1S/C9H10/c1-7-4-5-8(2)9(3)6-7/h4-6H,1,3H2,2H3/q-2. The summed E-state index contributed by atoms with van der Waals surface area (Å²) in [4.78, 5) is 0. The third-order valence-electron chi connectivity index (χ3n) is 1.41. The molecular formula is C9H10-2. The Balaban J connectivity index is 3.17. The van der Waals surface area contributed by atoms with E-state index in [4.69, 9.17) is 0 Å². The molecule has 0 N–H and O–H groups in total. The lowest BCUT2D eigenvalue weighted by Gasteiger charge is -2.11. The Morgan fingerprint density at radius 1 is 1.22 bits per heavy atom. The first kappa shape index (κ1) is 6.09. The second-order valence-corrected chi connectivity index (χ2v) is 2.26. The van der Waals surface area contributed by atoms with Crippen LogP contribution in [0.15, 0.2) is 18.2 Å². The van der Waals surface area contributed by atoms with Crippen molar-refractivity contribution in [2.75, 3.05) is 0 Å². The van der Waals surface area contributed by atoms with Crippen LogP contribution in [0, 0.1) is 20.8 Å². The van der Waals surface area contributed by atoms with E-state index in [-0.39, 0.29) is 0 Å². The van der Waals surface area contributed by atoms with Crippen LogP contribution in [-0.4, -0.2) is 0 Å². The number of benzene rings is 1. The highest BCUT2D eigenvalue weighted by atomic mass is 13.9. The van der Waals surface area contributed by atoms with Gasteiger partial charge < -0.3 is 0 Å². The molecule has 9 heavy (non-hydrogen) atoms. The van der Waals surface area contributed by atoms with Gasteiger partial charge >= 0.3 is 0 Å². The zero-order valence-corrected chi connectivity index (χ0v) is 5.65. The molecule has 1 rings (SSSR count). The lowest BCUT2D eigenvalue weighted by molar-refractivity contribution is 1.40. The molecule has 1 aromatic rings. The van der Waals surface area contributed by atoms with E-state index in [0.717, 1.165) is 11.1 Å². The summed E-state index contributed by atoms with van der Waals surface area (Å²) >= 11 is 0. The van der Waals surface area contributed by atoms with E-state index >= 15 is 0 Å². The summed E-state index contributed by atoms with van der Waals surface area (Å²) in [6, 6.07) is 6.00. The van der Waals surface area contributed by atoms with E-state index in [2.05, 4.69) is 13.8 Å². The fraction of sp³-hybridized carbons (Fsp3) is 0.111. The molecule has 0 aromatic heterocycles. The van der Waals surface area contributed by atoms with Gasteiger partial charge in [0.2, 0.25) is 0 Å². The second-order valence-electron chi connectivity index (χ2n) is 2.26. The fourth-order valence-corrected chi connectivity index (χ4v) is 0.725. The van der Waals surface area contributed by atoms with Crippen molar-refractivity contribution in [3.63, 3.8) is 0 Å². The lowest BCUT2D eigenvalue weighted by Crippen LogP contribution is -1.79. The largest absolute Gasteiger partial charge is 0.199 e. The molecule has 0 atom stereocenters. The summed E-state index contributed by atoms with van der Waals surface area (Å²) in [6.45, 7) is 9.67. The van der Waals surface area contributed by atoms with Crippen molar-refractivity contribution in [2.45, 2.75) is 6.92 Å². The van der Waals surface area contributed by atoms with E-state index in [1.165, 1.54) is 5.56 Å². The number of rotatable bonds is 0. The minimum Gasteiger partial charge on any atom is -0.199 e. The molecule has 0 nitrogen and oxygen atoms in total. The van der Waals surface area contributed by atoms with Crippen molar-refractivity contribution in [1.29, 1.82) is 0 Å². The summed E-state index contributed by atoms with van der Waals surface area (Å²) in [5.41, 5.74) is 3.33. The molecule has 0 aliphatic heterocycles. The van der Waals surface area contributed by atoms with Gasteiger partial charge in [0.15, 0.2) is 0 Å². The first-order valence-electron chi connectivity index (χ1n) is 2.95. The van der Waals surface area contributed by atoms with Crippen LogP contribution in [-0.2, 0) is 0 Å². The van der Waals surface area contributed by atoms with Crippen molar-refractivity contribution >= 4 is 0 Å². The van der Waals surface area contributed by atoms with Gasteiger partial charge in [0.05, 0.1) is 0 Å². The third-order valence-corrected chi connectivity index (χ3v) is 1.41. The molecule has 0 heteroatoms. The monoisotopic (exact) mass is 118 g/mol. The van der Waals surface area contributed by atoms with Gasteiger partial charge in [-0.05, 0) is 0 Å². The molecule has 0 saturated carbocycles. The molecule has 0 spiro atoms. The maximum absolute atomic E-state index is 3.84. The Hall–Kier alpha value is -1.04. The topological polar surface area (TPSA) is 0 Å². The van der Waals surface area contributed by atoms with E-state index < -0.39 is 0 Å². The van der Waals surface area contributed by atoms with Crippen LogP contribution >= 0.6 is 0 Å². The molecule has 0 aliphatic rings. The zero-order chi connectivity index (χ0) is 6.85. The van der Waals surface area contributed by atoms with Crippen molar-refractivity contribution in [1.82, 2.24) is 0 Å². The summed E-state index contributed by atoms with van der Waals surface area (Å²) in [6.07, 6.45) is 0. The molecule has 0 aliphatic carbocycles. The zero-order valence-electron chi connectivity index (χ0n) is 5.65. The third kappa shape index (κ3) is 1.20. The van der Waals surface area contributed by atoms with Crippen LogP contribution in [0.4, 0.5) is 0 Å². The van der Waals surface area contributed by atoms with Crippen LogP contribution in [0.2, 0.25) is 0 Å². The number of hydrogen-bond donors (Lipinski definition) is 0. The van der Waals surface area contributed by atoms with Gasteiger partial charge in [0, 0.05) is 0 Å². The molecule has 0 bridgehead atoms. The Labute approximate surface area is 56.5 Å². The number of aryl methyl sites for hydroxylation is 1. The summed E-state index contributed by atoms with van der Waals surface area (Å²) < 4.78 is 0. The van der Waals surface area contributed by atoms with Crippen LogP contribution in [0.25, 0.3) is 0 Å². The first-order chi connectivity index (χ1) is 4.20. The van der Waals surface area contributed by atoms with Gasteiger partial charge in [-0.3, -0.25) is 0 Å². The van der Waals surface area contributed by atoms with Crippen molar-refractivity contribution < 1.29 is 0 Å². The smallest absolute Gasteiger partial charge is 0.0864 e. The van der Waals surface area contributed by atoms with Crippen LogP contribution in [0.3, 0.4) is 0 Å². The average Bonchev–Trinajstić information content (AvgIpc) is 1.80. The van der Waals surface area contributed by atoms with E-state index in [9.17, 15) is 0 Å². The minimum absolute atomic E-state index is 1.03. The highest BCUT2D eigenvalue weighted by Gasteiger charge is 1.76. The van der Waals surface area contributed by atoms with Gasteiger partial charge in [0.25, 0.3) is 0 Å². The molecule has 0 heterocycles. The predicted octanol–water partition coefficient (Wildman–Crippen LogP) is 2.36. The highest BCUT2D eigenvalue weighted by molar-refractivity contribution is 5.33. The van der Waals surface area contributed by atoms with Gasteiger partial charge in [-0.1, -0.05) is 6.92 Å². The minimum atomic E-state index is 1.03. The second kappa shape index (κ2) is 2.06. The van der Waals surface area contributed by atoms with Crippen LogP contribution in [0.5, 0.6) is 0 Å². The molecule has 0 unspecified atom stereocenters. The first-order valence-corrected chi connectivity index (χ1v) is 2.95. The van der Waals surface area contributed by atoms with Crippen LogP contribution in [0.1, 0.15) is 16.7 Å². The maximum Gasteiger partial charge on any atom is -0.0864 e. The van der Waals surface area contributed by atoms with Gasteiger partial charge in [-0.2, -0.15) is 48.7 Å². The Bertz CT molecular complexity index is 211. The SMILES string of the molecule is [CH2-]c1ccc(C)c([CH2-])c1. The van der Waals surface area contributed by atoms with Gasteiger partial charge in [-0.25, -0.2) is 0 Å². The van der Waals surface area contributed by atoms with Gasteiger partial charge in [-0.15, -0.1) is 0 Å².